The number of urea groups is 1. The summed E-state index contributed by atoms with van der Waals surface area (Å²) in [5.41, 5.74) is 0.882. The number of halogens is 1. The number of methoxy groups -OCH3 is 1. The molecule has 0 saturated carbocycles. The molecule has 1 aliphatic rings. The van der Waals surface area contributed by atoms with E-state index in [9.17, 15) is 9.59 Å². The SMILES string of the molecule is COc1ccc(CNC(=O)NC(=O)COc2ccc3c(c2)O[I-]O3)cc1. The molecule has 1 heterocycles. The van der Waals surface area contributed by atoms with Gasteiger partial charge in [0.25, 0.3) is 0 Å². The molecule has 3 rings (SSSR count). The quantitative estimate of drug-likeness (QED) is 0.514. The summed E-state index contributed by atoms with van der Waals surface area (Å²) in [4.78, 5) is 23.5. The largest absolute Gasteiger partial charge is 0.0536 e. The summed E-state index contributed by atoms with van der Waals surface area (Å²) in [5.74, 6) is 1.92. The fourth-order valence-electron chi connectivity index (χ4n) is 2.07. The van der Waals surface area contributed by atoms with E-state index in [2.05, 4.69) is 10.6 Å². The molecule has 2 N–H and O–H groups in total. The minimum absolute atomic E-state index is 0.287. The standard InChI is InChI=1S/C17H16IN2O6/c1-23-12-4-2-11(3-5-12)9-19-17(22)20-16(21)10-24-13-6-7-14-15(8-13)26-18-25-14/h2-8H,9-10H2,1H3,(H2,19,20,21,22)/q-1. The van der Waals surface area contributed by atoms with Gasteiger partial charge < -0.3 is 4.74 Å². The number of rotatable bonds is 6. The molecule has 0 aliphatic carbocycles. The number of ether oxygens (including phenoxy) is 2. The molecule has 1 aliphatic heterocycles. The zero-order chi connectivity index (χ0) is 18.4. The molecule has 138 valence electrons. The Hall–Kier alpha value is -2.69. The topological polar surface area (TPSA) is 95.1 Å². The number of hydrogen-bond donors (Lipinski definition) is 2. The summed E-state index contributed by atoms with van der Waals surface area (Å²) < 4.78 is 21.1. The Kier molecular flexibility index (Phi) is 6.00. The summed E-state index contributed by atoms with van der Waals surface area (Å²) in [6.45, 7) is -0.000142. The predicted molar refractivity (Wildman–Crippen MR) is 86.6 cm³/mol. The maximum atomic E-state index is 11.8. The smallest absolute Gasteiger partial charge is 0.0196 e. The van der Waals surface area contributed by atoms with E-state index in [-0.39, 0.29) is 13.2 Å². The summed E-state index contributed by atoms with van der Waals surface area (Å²) in [7, 11) is 1.58. The minimum atomic E-state index is -0.757. The second-order valence-electron chi connectivity index (χ2n) is 5.19. The average molecular weight is 471 g/mol. The molecule has 0 spiro atoms. The normalized spacial score (nSPS) is 11.9. The van der Waals surface area contributed by atoms with Crippen molar-refractivity contribution in [1.29, 1.82) is 0 Å². The molecule has 2 aromatic rings. The fraction of sp³-hybridized carbons (Fsp3) is 0.176. The Labute approximate surface area is 161 Å². The zero-order valence-corrected chi connectivity index (χ0v) is 15.9. The van der Waals surface area contributed by atoms with Gasteiger partial charge in [0.1, 0.15) is 5.75 Å². The molecular formula is C17H16IN2O6-. The van der Waals surface area contributed by atoms with E-state index in [1.54, 1.807) is 37.4 Å². The van der Waals surface area contributed by atoms with Crippen molar-refractivity contribution < 1.29 is 47.2 Å². The number of imide groups is 1. The fourth-order valence-corrected chi connectivity index (χ4v) is 3.25. The number of carbonyl (C=O) groups excluding carboxylic acids is 2. The van der Waals surface area contributed by atoms with Crippen molar-refractivity contribution in [3.05, 3.63) is 48.0 Å². The zero-order valence-electron chi connectivity index (χ0n) is 13.8. The summed E-state index contributed by atoms with van der Waals surface area (Å²) in [6.07, 6.45) is 0. The molecule has 0 saturated heterocycles. The van der Waals surface area contributed by atoms with Gasteiger partial charge in [-0.15, -0.1) is 0 Å². The van der Waals surface area contributed by atoms with Gasteiger partial charge in [0.15, 0.2) is 0 Å². The third-order valence-corrected chi connectivity index (χ3v) is 4.69. The van der Waals surface area contributed by atoms with Crippen LogP contribution in [0.15, 0.2) is 42.5 Å². The van der Waals surface area contributed by atoms with Gasteiger partial charge in [-0.3, -0.25) is 0 Å². The molecular weight excluding hydrogens is 455 g/mol. The number of amides is 3. The first-order chi connectivity index (χ1) is 12.6. The number of benzene rings is 2. The summed E-state index contributed by atoms with van der Waals surface area (Å²) >= 11 is -0.757. The first-order valence-electron chi connectivity index (χ1n) is 7.60. The Bertz CT molecular complexity index is 796. The molecule has 0 fully saturated rings. The van der Waals surface area contributed by atoms with Crippen molar-refractivity contribution in [2.45, 2.75) is 6.54 Å². The van der Waals surface area contributed by atoms with Gasteiger partial charge in [-0.25, -0.2) is 0 Å². The van der Waals surface area contributed by atoms with Crippen molar-refractivity contribution >= 4 is 11.9 Å². The Morgan fingerprint density at radius 1 is 1.04 bits per heavy atom. The number of fused-ring (bicyclic) bond motifs is 1. The van der Waals surface area contributed by atoms with E-state index in [1.807, 2.05) is 12.1 Å². The molecule has 3 amide bonds. The van der Waals surface area contributed by atoms with Crippen LogP contribution in [0.5, 0.6) is 23.0 Å². The van der Waals surface area contributed by atoms with Crippen LogP contribution in [0.2, 0.25) is 0 Å². The molecule has 0 radical (unpaired) electrons. The van der Waals surface area contributed by atoms with Crippen LogP contribution < -0.4 is 48.3 Å². The minimum Gasteiger partial charge on any atom is -0.0536 e. The third-order valence-electron chi connectivity index (χ3n) is 3.38. The summed E-state index contributed by atoms with van der Waals surface area (Å²) in [6, 6.07) is 11.7. The predicted octanol–water partition coefficient (Wildman–Crippen LogP) is -1.21. The van der Waals surface area contributed by atoms with Crippen LogP contribution in [-0.4, -0.2) is 25.7 Å². The maximum absolute atomic E-state index is 11.8. The van der Waals surface area contributed by atoms with Gasteiger partial charge in [-0.05, 0) is 12.1 Å². The van der Waals surface area contributed by atoms with Gasteiger partial charge >= 0.3 is 119 Å². The van der Waals surface area contributed by atoms with Crippen molar-refractivity contribution in [2.24, 2.45) is 0 Å². The van der Waals surface area contributed by atoms with E-state index in [0.29, 0.717) is 17.2 Å². The molecule has 0 atom stereocenters. The first kappa shape index (κ1) is 18.1. The van der Waals surface area contributed by atoms with Gasteiger partial charge in [-0.1, -0.05) is 12.1 Å². The van der Waals surface area contributed by atoms with Crippen LogP contribution in [0, 0.1) is 0 Å². The van der Waals surface area contributed by atoms with Crippen LogP contribution in [0.4, 0.5) is 4.79 Å². The van der Waals surface area contributed by atoms with Crippen LogP contribution in [0.1, 0.15) is 5.56 Å². The Balaban J connectivity index is 1.40. The molecule has 8 nitrogen and oxygen atoms in total. The first-order valence-corrected chi connectivity index (χ1v) is 9.36. The second-order valence-corrected chi connectivity index (χ2v) is 6.43. The third kappa shape index (κ3) is 4.91. The van der Waals surface area contributed by atoms with Gasteiger partial charge in [-0.2, -0.15) is 0 Å². The van der Waals surface area contributed by atoms with Crippen LogP contribution in [0.3, 0.4) is 0 Å². The van der Waals surface area contributed by atoms with E-state index in [0.717, 1.165) is 11.3 Å². The number of nitrogens with one attached hydrogen (secondary N) is 2. The Morgan fingerprint density at radius 3 is 2.54 bits per heavy atom. The number of carbonyl (C=O) groups is 2. The molecule has 0 unspecified atom stereocenters. The second kappa shape index (κ2) is 8.61. The van der Waals surface area contributed by atoms with Crippen molar-refractivity contribution in [1.82, 2.24) is 10.6 Å². The molecule has 0 aromatic heterocycles. The van der Waals surface area contributed by atoms with Gasteiger partial charge in [0, 0.05) is 0 Å². The van der Waals surface area contributed by atoms with E-state index >= 15 is 0 Å². The molecule has 26 heavy (non-hydrogen) atoms. The monoisotopic (exact) mass is 471 g/mol. The molecule has 9 heteroatoms. The van der Waals surface area contributed by atoms with E-state index in [4.69, 9.17) is 15.6 Å². The van der Waals surface area contributed by atoms with Crippen LogP contribution in [0.25, 0.3) is 0 Å². The average Bonchev–Trinajstić information content (AvgIpc) is 3.13. The van der Waals surface area contributed by atoms with Crippen molar-refractivity contribution in [3.8, 4) is 23.0 Å². The molecule has 0 bridgehead atoms. The maximum Gasteiger partial charge on any atom is -0.0196 e. The molecule has 2 aromatic carbocycles. The van der Waals surface area contributed by atoms with Crippen molar-refractivity contribution in [3.63, 3.8) is 0 Å². The van der Waals surface area contributed by atoms with Crippen molar-refractivity contribution in [2.75, 3.05) is 13.7 Å². The van der Waals surface area contributed by atoms with Crippen LogP contribution >= 0.6 is 0 Å². The van der Waals surface area contributed by atoms with Gasteiger partial charge in [0.2, 0.25) is 0 Å². The van der Waals surface area contributed by atoms with E-state index < -0.39 is 34.0 Å². The van der Waals surface area contributed by atoms with E-state index in [1.165, 1.54) is 0 Å². The van der Waals surface area contributed by atoms with Gasteiger partial charge in [0.05, 0.1) is 7.11 Å². The summed E-state index contributed by atoms with van der Waals surface area (Å²) in [5, 5.41) is 4.81. The van der Waals surface area contributed by atoms with Crippen LogP contribution in [-0.2, 0) is 11.3 Å². The number of hydrogen-bond acceptors (Lipinski definition) is 6. The Morgan fingerprint density at radius 2 is 1.77 bits per heavy atom.